The standard InChI is InChI=1S/C16H16ClN3O2/c1-10-2-9-14(15(20-21)19-12-5-6-12)16(18-10)22-13-7-3-11(17)4-8-13/h2-4,7-9,12,21H,5-6H2,1H3,(H,19,20). The van der Waals surface area contributed by atoms with Crippen LogP contribution in [-0.4, -0.2) is 22.1 Å². The third-order valence-electron chi connectivity index (χ3n) is 3.25. The van der Waals surface area contributed by atoms with Crippen molar-refractivity contribution in [2.45, 2.75) is 25.8 Å². The second-order valence-corrected chi connectivity index (χ2v) is 5.62. The second-order valence-electron chi connectivity index (χ2n) is 5.18. The summed E-state index contributed by atoms with van der Waals surface area (Å²) in [7, 11) is 0. The Labute approximate surface area is 133 Å². The highest BCUT2D eigenvalue weighted by atomic mass is 35.5. The van der Waals surface area contributed by atoms with E-state index < -0.39 is 0 Å². The van der Waals surface area contributed by atoms with Crippen molar-refractivity contribution in [1.82, 2.24) is 10.5 Å². The highest BCUT2D eigenvalue weighted by Crippen LogP contribution is 2.28. The van der Waals surface area contributed by atoms with E-state index in [2.05, 4.69) is 15.5 Å². The van der Waals surface area contributed by atoms with E-state index in [1.807, 2.05) is 19.1 Å². The van der Waals surface area contributed by atoms with Gasteiger partial charge in [-0.25, -0.2) is 4.98 Å². The Kier molecular flexibility index (Phi) is 4.27. The molecule has 1 aliphatic carbocycles. The summed E-state index contributed by atoms with van der Waals surface area (Å²) in [4.78, 5) is 8.84. The smallest absolute Gasteiger partial charge is 0.230 e. The van der Waals surface area contributed by atoms with Gasteiger partial charge in [0.1, 0.15) is 5.75 Å². The number of nitrogens with one attached hydrogen (secondary N) is 1. The van der Waals surface area contributed by atoms with Crippen LogP contribution in [0.3, 0.4) is 0 Å². The molecule has 0 atom stereocenters. The molecule has 1 aliphatic rings. The number of rotatable bonds is 4. The molecule has 0 saturated heterocycles. The molecule has 1 aromatic heterocycles. The number of benzene rings is 1. The van der Waals surface area contributed by atoms with Crippen molar-refractivity contribution in [2.75, 3.05) is 0 Å². The molecule has 2 aromatic rings. The molecule has 22 heavy (non-hydrogen) atoms. The average molecular weight is 318 g/mol. The first-order valence-corrected chi connectivity index (χ1v) is 7.43. The summed E-state index contributed by atoms with van der Waals surface area (Å²) in [6, 6.07) is 11.0. The van der Waals surface area contributed by atoms with Crippen LogP contribution in [0, 0.1) is 6.92 Å². The maximum absolute atomic E-state index is 9.37. The Morgan fingerprint density at radius 2 is 2.00 bits per heavy atom. The second kappa shape index (κ2) is 6.34. The summed E-state index contributed by atoms with van der Waals surface area (Å²) in [5, 5.41) is 10.0. The van der Waals surface area contributed by atoms with Gasteiger partial charge in [0.15, 0.2) is 5.84 Å². The lowest BCUT2D eigenvalue weighted by molar-refractivity contribution is 0.234. The van der Waals surface area contributed by atoms with Gasteiger partial charge in [0.25, 0.3) is 0 Å². The van der Waals surface area contributed by atoms with Crippen LogP contribution in [0.5, 0.6) is 11.6 Å². The van der Waals surface area contributed by atoms with Gasteiger partial charge in [-0.2, -0.15) is 0 Å². The highest BCUT2D eigenvalue weighted by Gasteiger charge is 2.23. The number of hydroxylamine groups is 1. The molecule has 1 heterocycles. The number of aliphatic imine (C=N–C) groups is 1. The van der Waals surface area contributed by atoms with Gasteiger partial charge < -0.3 is 4.74 Å². The molecule has 6 heteroatoms. The van der Waals surface area contributed by atoms with Crippen LogP contribution in [-0.2, 0) is 0 Å². The minimum atomic E-state index is 0.263. The Morgan fingerprint density at radius 1 is 1.27 bits per heavy atom. The Morgan fingerprint density at radius 3 is 2.64 bits per heavy atom. The van der Waals surface area contributed by atoms with Gasteiger partial charge in [-0.1, -0.05) is 11.6 Å². The molecule has 0 radical (unpaired) electrons. The minimum absolute atomic E-state index is 0.263. The van der Waals surface area contributed by atoms with Gasteiger partial charge in [-0.3, -0.25) is 15.7 Å². The van der Waals surface area contributed by atoms with Gasteiger partial charge >= 0.3 is 0 Å². The summed E-state index contributed by atoms with van der Waals surface area (Å²) in [6.45, 7) is 1.88. The van der Waals surface area contributed by atoms with Crippen molar-refractivity contribution in [2.24, 2.45) is 4.99 Å². The summed E-state index contributed by atoms with van der Waals surface area (Å²) < 4.78 is 5.83. The van der Waals surface area contributed by atoms with Gasteiger partial charge in [-0.05, 0) is 56.2 Å². The molecule has 0 bridgehead atoms. The molecule has 0 spiro atoms. The van der Waals surface area contributed by atoms with Gasteiger partial charge in [0.05, 0.1) is 11.6 Å². The highest BCUT2D eigenvalue weighted by molar-refractivity contribution is 6.30. The fraction of sp³-hybridized carbons (Fsp3) is 0.250. The van der Waals surface area contributed by atoms with Crippen molar-refractivity contribution in [3.05, 3.63) is 52.7 Å². The molecule has 1 aromatic carbocycles. The van der Waals surface area contributed by atoms with E-state index in [1.54, 1.807) is 24.3 Å². The molecular weight excluding hydrogens is 302 g/mol. The number of aromatic nitrogens is 1. The molecule has 5 nitrogen and oxygen atoms in total. The third kappa shape index (κ3) is 3.55. The topological polar surface area (TPSA) is 66.7 Å². The Hall–Kier alpha value is -2.11. The molecule has 2 N–H and O–H groups in total. The predicted molar refractivity (Wildman–Crippen MR) is 85.0 cm³/mol. The maximum Gasteiger partial charge on any atom is 0.230 e. The third-order valence-corrected chi connectivity index (χ3v) is 3.50. The zero-order chi connectivity index (χ0) is 15.5. The van der Waals surface area contributed by atoms with Crippen molar-refractivity contribution >= 4 is 17.4 Å². The zero-order valence-electron chi connectivity index (χ0n) is 12.1. The fourth-order valence-electron chi connectivity index (χ4n) is 1.95. The SMILES string of the molecule is Cc1ccc(C(=NC2CC2)NO)c(Oc2ccc(Cl)cc2)n1. The fourth-order valence-corrected chi connectivity index (χ4v) is 2.08. The van der Waals surface area contributed by atoms with Crippen LogP contribution in [0.4, 0.5) is 0 Å². The van der Waals surface area contributed by atoms with E-state index >= 15 is 0 Å². The van der Waals surface area contributed by atoms with Crippen molar-refractivity contribution in [3.8, 4) is 11.6 Å². The largest absolute Gasteiger partial charge is 0.438 e. The molecule has 1 fully saturated rings. The van der Waals surface area contributed by atoms with Crippen LogP contribution in [0.1, 0.15) is 24.1 Å². The molecule has 0 amide bonds. The number of pyridine rings is 1. The van der Waals surface area contributed by atoms with Gasteiger partial charge in [0, 0.05) is 10.7 Å². The number of nitrogens with zero attached hydrogens (tertiary/aromatic N) is 2. The predicted octanol–water partition coefficient (Wildman–Crippen LogP) is 3.72. The number of ether oxygens (including phenoxy) is 1. The van der Waals surface area contributed by atoms with E-state index in [1.165, 1.54) is 0 Å². The lowest BCUT2D eigenvalue weighted by atomic mass is 10.2. The first kappa shape index (κ1) is 14.8. The Bertz CT molecular complexity index is 697. The summed E-state index contributed by atoms with van der Waals surface area (Å²) in [5.41, 5.74) is 3.59. The summed E-state index contributed by atoms with van der Waals surface area (Å²) in [6.07, 6.45) is 2.08. The monoisotopic (exact) mass is 317 g/mol. The van der Waals surface area contributed by atoms with Crippen LogP contribution >= 0.6 is 11.6 Å². The molecular formula is C16H16ClN3O2. The van der Waals surface area contributed by atoms with Crippen LogP contribution in [0.25, 0.3) is 0 Å². The van der Waals surface area contributed by atoms with E-state index in [0.29, 0.717) is 28.1 Å². The summed E-state index contributed by atoms with van der Waals surface area (Å²) >= 11 is 5.87. The lowest BCUT2D eigenvalue weighted by Crippen LogP contribution is -2.22. The van der Waals surface area contributed by atoms with Gasteiger partial charge in [-0.15, -0.1) is 0 Å². The number of amidine groups is 1. The van der Waals surface area contributed by atoms with E-state index in [-0.39, 0.29) is 6.04 Å². The zero-order valence-corrected chi connectivity index (χ0v) is 12.8. The summed E-state index contributed by atoms with van der Waals surface area (Å²) in [5.74, 6) is 1.38. The van der Waals surface area contributed by atoms with Crippen LogP contribution in [0.15, 0.2) is 41.4 Å². The van der Waals surface area contributed by atoms with Crippen molar-refractivity contribution in [3.63, 3.8) is 0 Å². The van der Waals surface area contributed by atoms with Crippen LogP contribution < -0.4 is 10.2 Å². The first-order chi connectivity index (χ1) is 10.7. The van der Waals surface area contributed by atoms with Crippen molar-refractivity contribution in [1.29, 1.82) is 0 Å². The van der Waals surface area contributed by atoms with E-state index in [4.69, 9.17) is 16.3 Å². The maximum atomic E-state index is 9.37. The first-order valence-electron chi connectivity index (χ1n) is 7.05. The van der Waals surface area contributed by atoms with Gasteiger partial charge in [0.2, 0.25) is 5.88 Å². The molecule has 1 saturated carbocycles. The quantitative estimate of drug-likeness (QED) is 0.512. The molecule has 0 aliphatic heterocycles. The van der Waals surface area contributed by atoms with E-state index in [9.17, 15) is 5.21 Å². The average Bonchev–Trinajstić information content (AvgIpc) is 3.32. The minimum Gasteiger partial charge on any atom is -0.438 e. The molecule has 3 rings (SSSR count). The molecule has 0 unspecified atom stereocenters. The normalized spacial score (nSPS) is 14.8. The number of hydrogen-bond acceptors (Lipinski definition) is 4. The van der Waals surface area contributed by atoms with Crippen LogP contribution in [0.2, 0.25) is 5.02 Å². The Balaban J connectivity index is 1.94. The number of halogens is 1. The number of aryl methyl sites for hydroxylation is 1. The lowest BCUT2D eigenvalue weighted by Gasteiger charge is -2.12. The molecule has 114 valence electrons. The number of hydrogen-bond donors (Lipinski definition) is 2. The van der Waals surface area contributed by atoms with E-state index in [0.717, 1.165) is 18.5 Å². The van der Waals surface area contributed by atoms with Crippen molar-refractivity contribution < 1.29 is 9.94 Å².